The number of imidazole rings is 1. The zero-order valence-corrected chi connectivity index (χ0v) is 13.7. The Balaban J connectivity index is 2.01. The first-order chi connectivity index (χ1) is 12.4. The van der Waals surface area contributed by atoms with Crippen LogP contribution in [0, 0.1) is 0 Å². The van der Waals surface area contributed by atoms with Crippen molar-refractivity contribution in [1.29, 1.82) is 0 Å². The highest BCUT2D eigenvalue weighted by molar-refractivity contribution is 5.89. The van der Waals surface area contributed by atoms with Gasteiger partial charge in [-0.25, -0.2) is 4.98 Å². The Bertz CT molecular complexity index is 966. The summed E-state index contributed by atoms with van der Waals surface area (Å²) in [4.78, 5) is 26.7. The Kier molecular flexibility index (Phi) is 4.89. The van der Waals surface area contributed by atoms with Crippen LogP contribution in [0.4, 0.5) is 13.2 Å². The van der Waals surface area contributed by atoms with E-state index < -0.39 is 24.4 Å². The van der Waals surface area contributed by atoms with Gasteiger partial charge in [-0.2, -0.15) is 18.2 Å². The summed E-state index contributed by atoms with van der Waals surface area (Å²) in [7, 11) is 1.82. The Hall–Kier alpha value is -2.95. The maximum atomic E-state index is 12.3. The molecule has 0 fully saturated rings. The van der Waals surface area contributed by atoms with Crippen LogP contribution in [0.3, 0.4) is 0 Å². The highest BCUT2D eigenvalue weighted by atomic mass is 19.4. The first-order valence-electron chi connectivity index (χ1n) is 7.63. The second-order valence-electron chi connectivity index (χ2n) is 5.43. The predicted molar refractivity (Wildman–Crippen MR) is 86.9 cm³/mol. The molecule has 0 bridgehead atoms. The fraction of sp³-hybridized carbons (Fsp3) is 0.333. The number of alkyl halides is 3. The van der Waals surface area contributed by atoms with Gasteiger partial charge >= 0.3 is 6.18 Å². The van der Waals surface area contributed by atoms with Gasteiger partial charge in [0.15, 0.2) is 6.61 Å². The Morgan fingerprint density at radius 1 is 1.35 bits per heavy atom. The molecule has 26 heavy (non-hydrogen) atoms. The van der Waals surface area contributed by atoms with E-state index in [-0.39, 0.29) is 16.6 Å². The molecule has 0 aromatic carbocycles. The van der Waals surface area contributed by atoms with Gasteiger partial charge in [0, 0.05) is 25.5 Å². The number of nitrogens with zero attached hydrogens (tertiary/aromatic N) is 4. The lowest BCUT2D eigenvalue weighted by molar-refractivity contribution is -0.154. The van der Waals surface area contributed by atoms with Gasteiger partial charge in [-0.15, -0.1) is 0 Å². The molecule has 0 saturated heterocycles. The van der Waals surface area contributed by atoms with Crippen LogP contribution in [0.15, 0.2) is 29.6 Å². The van der Waals surface area contributed by atoms with E-state index in [1.54, 1.807) is 12.5 Å². The van der Waals surface area contributed by atoms with Gasteiger partial charge < -0.3 is 14.6 Å². The van der Waals surface area contributed by atoms with Crippen molar-refractivity contribution in [3.8, 4) is 17.4 Å². The van der Waals surface area contributed by atoms with Gasteiger partial charge in [0.25, 0.3) is 11.6 Å². The minimum atomic E-state index is -4.54. The van der Waals surface area contributed by atoms with Crippen LogP contribution >= 0.6 is 0 Å². The van der Waals surface area contributed by atoms with Crippen LogP contribution in [0.25, 0.3) is 22.3 Å². The first kappa shape index (κ1) is 17.9. The highest BCUT2D eigenvalue weighted by Crippen LogP contribution is 2.23. The smallest absolute Gasteiger partial charge is 0.422 e. The molecule has 0 aliphatic heterocycles. The summed E-state index contributed by atoms with van der Waals surface area (Å²) in [5.41, 5.74) is 0.234. The number of halogens is 3. The lowest BCUT2D eigenvalue weighted by Crippen LogP contribution is -2.21. The summed E-state index contributed by atoms with van der Waals surface area (Å²) in [5, 5.41) is 3.19. The molecular formula is C15H15F3N6O2. The number of likely N-dealkylation sites (N-methyl/N-ethyl adjacent to an activating group) is 1. The summed E-state index contributed by atoms with van der Waals surface area (Å²) >= 11 is 0. The van der Waals surface area contributed by atoms with Crippen molar-refractivity contribution in [2.75, 3.05) is 20.2 Å². The average Bonchev–Trinajstić information content (AvgIpc) is 3.06. The summed E-state index contributed by atoms with van der Waals surface area (Å²) in [6.45, 7) is -0.163. The van der Waals surface area contributed by atoms with Crippen LogP contribution in [-0.4, -0.2) is 50.9 Å². The molecule has 3 rings (SSSR count). The molecule has 2 N–H and O–H groups in total. The summed E-state index contributed by atoms with van der Waals surface area (Å²) in [6.07, 6.45) is 0.189. The molecule has 0 radical (unpaired) electrons. The summed E-state index contributed by atoms with van der Waals surface area (Å²) in [6, 6.07) is 0.902. The van der Waals surface area contributed by atoms with Crippen molar-refractivity contribution >= 4 is 10.9 Å². The number of H-pyrrole nitrogens is 1. The first-order valence-corrected chi connectivity index (χ1v) is 7.63. The molecule has 11 heteroatoms. The zero-order valence-electron chi connectivity index (χ0n) is 13.7. The third-order valence-corrected chi connectivity index (χ3v) is 3.47. The van der Waals surface area contributed by atoms with Crippen LogP contribution < -0.4 is 15.6 Å². The van der Waals surface area contributed by atoms with Gasteiger partial charge in [-0.3, -0.25) is 14.8 Å². The lowest BCUT2D eigenvalue weighted by atomic mass is 10.2. The second-order valence-corrected chi connectivity index (χ2v) is 5.43. The van der Waals surface area contributed by atoms with Crippen molar-refractivity contribution in [1.82, 2.24) is 29.8 Å². The number of nitrogens with one attached hydrogen (secondary N) is 2. The maximum absolute atomic E-state index is 12.3. The number of aromatic nitrogens is 5. The Morgan fingerprint density at radius 3 is 2.88 bits per heavy atom. The molecular weight excluding hydrogens is 353 g/mol. The number of aromatic amines is 1. The number of pyridine rings is 1. The van der Waals surface area contributed by atoms with Crippen molar-refractivity contribution in [3.05, 3.63) is 35.1 Å². The number of rotatable bonds is 6. The summed E-state index contributed by atoms with van der Waals surface area (Å²) < 4.78 is 43.4. The number of ether oxygens (including phenoxy) is 1. The van der Waals surface area contributed by atoms with E-state index in [2.05, 4.69) is 30.0 Å². The molecule has 3 aromatic rings. The molecule has 0 spiro atoms. The fourth-order valence-corrected chi connectivity index (χ4v) is 2.30. The van der Waals surface area contributed by atoms with Crippen molar-refractivity contribution in [3.63, 3.8) is 0 Å². The van der Waals surface area contributed by atoms with E-state index >= 15 is 0 Å². The second kappa shape index (κ2) is 7.12. The number of hydrogen-bond donors (Lipinski definition) is 2. The SMILES string of the molecule is CNCCn1cnc(-c2nccc3c(=O)[nH]c(OCC(F)(F)F)nc23)c1. The molecule has 3 aromatic heterocycles. The third-order valence-electron chi connectivity index (χ3n) is 3.47. The quantitative estimate of drug-likeness (QED) is 0.682. The zero-order chi connectivity index (χ0) is 18.7. The van der Waals surface area contributed by atoms with Crippen LogP contribution in [-0.2, 0) is 6.54 Å². The van der Waals surface area contributed by atoms with Crippen molar-refractivity contribution in [2.45, 2.75) is 12.7 Å². The molecule has 3 heterocycles. The standard InChI is InChI=1S/C15H15F3N6O2/c1-19-4-5-24-6-10(21-8-24)12-11-9(2-3-20-12)13(25)23-14(22-11)26-7-15(16,17)18/h2-3,6,8,19H,4-5,7H2,1H3,(H,22,23,25). The van der Waals surface area contributed by atoms with Crippen LogP contribution in [0.5, 0.6) is 6.01 Å². The largest absolute Gasteiger partial charge is 0.455 e. The Labute approximate surface area is 145 Å². The van der Waals surface area contributed by atoms with Crippen LogP contribution in [0.1, 0.15) is 0 Å². The fourth-order valence-electron chi connectivity index (χ4n) is 2.30. The topological polar surface area (TPSA) is 97.7 Å². The minimum absolute atomic E-state index is 0.118. The number of fused-ring (bicyclic) bond motifs is 1. The van der Waals surface area contributed by atoms with E-state index in [0.717, 1.165) is 6.54 Å². The van der Waals surface area contributed by atoms with Crippen molar-refractivity contribution < 1.29 is 17.9 Å². The van der Waals surface area contributed by atoms with E-state index in [1.165, 1.54) is 12.3 Å². The minimum Gasteiger partial charge on any atom is -0.455 e. The van der Waals surface area contributed by atoms with E-state index in [0.29, 0.717) is 12.2 Å². The molecule has 8 nitrogen and oxygen atoms in total. The van der Waals surface area contributed by atoms with Crippen molar-refractivity contribution in [2.24, 2.45) is 0 Å². The van der Waals surface area contributed by atoms with E-state index in [4.69, 9.17) is 0 Å². The third kappa shape index (κ3) is 3.99. The average molecular weight is 368 g/mol. The van der Waals surface area contributed by atoms with E-state index in [1.807, 2.05) is 11.6 Å². The van der Waals surface area contributed by atoms with Gasteiger partial charge in [0.05, 0.1) is 11.7 Å². The molecule has 0 aliphatic carbocycles. The molecule has 0 amide bonds. The van der Waals surface area contributed by atoms with Gasteiger partial charge in [-0.05, 0) is 13.1 Å². The lowest BCUT2D eigenvalue weighted by Gasteiger charge is -2.09. The van der Waals surface area contributed by atoms with Gasteiger partial charge in [0.2, 0.25) is 0 Å². The highest BCUT2D eigenvalue weighted by Gasteiger charge is 2.29. The summed E-state index contributed by atoms with van der Waals surface area (Å²) in [5.74, 6) is 0. The molecule has 0 aliphatic rings. The predicted octanol–water partition coefficient (Wildman–Crippen LogP) is 1.34. The number of hydrogen-bond acceptors (Lipinski definition) is 6. The van der Waals surface area contributed by atoms with Crippen LogP contribution in [0.2, 0.25) is 0 Å². The monoisotopic (exact) mass is 368 g/mol. The van der Waals surface area contributed by atoms with E-state index in [9.17, 15) is 18.0 Å². The molecule has 138 valence electrons. The molecule has 0 unspecified atom stereocenters. The normalized spacial score (nSPS) is 11.8. The Morgan fingerprint density at radius 2 is 2.15 bits per heavy atom. The van der Waals surface area contributed by atoms with Gasteiger partial charge in [0.1, 0.15) is 16.9 Å². The molecule has 0 saturated carbocycles. The molecule has 0 atom stereocenters. The maximum Gasteiger partial charge on any atom is 0.422 e. The van der Waals surface area contributed by atoms with Gasteiger partial charge in [-0.1, -0.05) is 0 Å².